The van der Waals surface area contributed by atoms with Gasteiger partial charge in [0.2, 0.25) is 0 Å². The van der Waals surface area contributed by atoms with E-state index in [4.69, 9.17) is 14.5 Å². The Balaban J connectivity index is 1.78. The maximum Gasteiger partial charge on any atom is 0.350 e. The van der Waals surface area contributed by atoms with Crippen LogP contribution in [-0.4, -0.2) is 34.6 Å². The average Bonchev–Trinajstić information content (AvgIpc) is 3.27. The van der Waals surface area contributed by atoms with Gasteiger partial charge in [0.15, 0.2) is 4.96 Å². The molecule has 30 heavy (non-hydrogen) atoms. The molecule has 6 nitrogen and oxygen atoms in total. The van der Waals surface area contributed by atoms with Crippen molar-refractivity contribution in [3.8, 4) is 17.0 Å². The number of esters is 1. The predicted octanol–water partition coefficient (Wildman–Crippen LogP) is 5.69. The molecule has 0 unspecified atom stereocenters. The number of fused-ring (bicyclic) bond motifs is 1. The van der Waals surface area contributed by atoms with Crippen molar-refractivity contribution in [2.24, 2.45) is 0 Å². The van der Waals surface area contributed by atoms with Crippen LogP contribution in [0.4, 0.5) is 5.82 Å². The molecule has 2 aromatic heterocycles. The SMILES string of the molecule is CCOC(=O)c1sc2nc(-c3ccc(OCC)cc3)c(NC3CCCCC3)n2c1C. The van der Waals surface area contributed by atoms with E-state index in [1.54, 1.807) is 0 Å². The smallest absolute Gasteiger partial charge is 0.350 e. The first-order valence-electron chi connectivity index (χ1n) is 10.8. The summed E-state index contributed by atoms with van der Waals surface area (Å²) in [5, 5.41) is 3.76. The maximum absolute atomic E-state index is 12.4. The molecule has 1 N–H and O–H groups in total. The molecule has 1 aliphatic carbocycles. The molecule has 1 fully saturated rings. The van der Waals surface area contributed by atoms with Gasteiger partial charge in [0.25, 0.3) is 0 Å². The number of aryl methyl sites for hydroxylation is 1. The van der Waals surface area contributed by atoms with E-state index in [2.05, 4.69) is 9.72 Å². The molecule has 0 saturated heterocycles. The maximum atomic E-state index is 12.4. The van der Waals surface area contributed by atoms with Gasteiger partial charge in [0, 0.05) is 17.3 Å². The minimum atomic E-state index is -0.281. The van der Waals surface area contributed by atoms with E-state index in [0.29, 0.717) is 24.1 Å². The van der Waals surface area contributed by atoms with Gasteiger partial charge in [-0.3, -0.25) is 4.40 Å². The summed E-state index contributed by atoms with van der Waals surface area (Å²) in [4.78, 5) is 18.7. The molecule has 1 aliphatic rings. The number of hydrogen-bond donors (Lipinski definition) is 1. The quantitative estimate of drug-likeness (QED) is 0.491. The van der Waals surface area contributed by atoms with Crippen LogP contribution in [0.25, 0.3) is 16.2 Å². The van der Waals surface area contributed by atoms with Crippen molar-refractivity contribution in [3.63, 3.8) is 0 Å². The van der Waals surface area contributed by atoms with Crippen molar-refractivity contribution in [2.75, 3.05) is 18.5 Å². The van der Waals surface area contributed by atoms with Gasteiger partial charge in [-0.05, 0) is 57.9 Å². The second-order valence-corrected chi connectivity index (χ2v) is 8.58. The number of thiazole rings is 1. The standard InChI is InChI=1S/C23H29N3O3S/c1-4-28-18-13-11-16(12-14-18)19-21(24-17-9-7-6-8-10-17)26-15(3)20(22(27)29-5-2)30-23(26)25-19/h11-14,17,24H,4-10H2,1-3H3. The Morgan fingerprint density at radius 1 is 1.17 bits per heavy atom. The number of nitrogens with one attached hydrogen (secondary N) is 1. The van der Waals surface area contributed by atoms with Crippen LogP contribution in [0.1, 0.15) is 61.3 Å². The Morgan fingerprint density at radius 3 is 2.57 bits per heavy atom. The van der Waals surface area contributed by atoms with Gasteiger partial charge in [-0.15, -0.1) is 0 Å². The van der Waals surface area contributed by atoms with Crippen molar-refractivity contribution < 1.29 is 14.3 Å². The molecule has 0 spiro atoms. The number of carbonyl (C=O) groups is 1. The molecule has 160 valence electrons. The fourth-order valence-electron chi connectivity index (χ4n) is 4.08. The van der Waals surface area contributed by atoms with E-state index in [0.717, 1.165) is 46.3 Å². The Kier molecular flexibility index (Phi) is 6.27. The average molecular weight is 428 g/mol. The van der Waals surface area contributed by atoms with Crippen LogP contribution >= 0.6 is 11.3 Å². The number of rotatable bonds is 7. The summed E-state index contributed by atoms with van der Waals surface area (Å²) in [6.45, 7) is 6.78. The van der Waals surface area contributed by atoms with Crippen LogP contribution in [0.3, 0.4) is 0 Å². The topological polar surface area (TPSA) is 64.9 Å². The van der Waals surface area contributed by atoms with Crippen LogP contribution in [0.5, 0.6) is 5.75 Å². The summed E-state index contributed by atoms with van der Waals surface area (Å²) < 4.78 is 12.9. The number of anilines is 1. The Labute approximate surface area is 181 Å². The number of carbonyl (C=O) groups excluding carboxylic acids is 1. The van der Waals surface area contributed by atoms with Crippen molar-refractivity contribution in [3.05, 3.63) is 34.8 Å². The highest BCUT2D eigenvalue weighted by Crippen LogP contribution is 2.37. The number of imidazole rings is 1. The first kappa shape index (κ1) is 20.7. The van der Waals surface area contributed by atoms with Gasteiger partial charge >= 0.3 is 5.97 Å². The van der Waals surface area contributed by atoms with Gasteiger partial charge in [-0.25, -0.2) is 9.78 Å². The lowest BCUT2D eigenvalue weighted by molar-refractivity contribution is 0.0531. The number of benzene rings is 1. The summed E-state index contributed by atoms with van der Waals surface area (Å²) in [7, 11) is 0. The van der Waals surface area contributed by atoms with E-state index in [9.17, 15) is 4.79 Å². The summed E-state index contributed by atoms with van der Waals surface area (Å²) in [5.41, 5.74) is 2.81. The van der Waals surface area contributed by atoms with Crippen molar-refractivity contribution in [1.29, 1.82) is 0 Å². The molecule has 4 rings (SSSR count). The molecule has 0 amide bonds. The summed E-state index contributed by atoms with van der Waals surface area (Å²) in [6, 6.07) is 8.47. The lowest BCUT2D eigenvalue weighted by Crippen LogP contribution is -2.23. The van der Waals surface area contributed by atoms with E-state index < -0.39 is 0 Å². The van der Waals surface area contributed by atoms with Gasteiger partial charge in [-0.1, -0.05) is 30.6 Å². The monoisotopic (exact) mass is 427 g/mol. The molecule has 0 radical (unpaired) electrons. The molecule has 1 aromatic carbocycles. The Bertz CT molecular complexity index is 1020. The van der Waals surface area contributed by atoms with Crippen molar-refractivity contribution in [2.45, 2.75) is 58.9 Å². The molecule has 2 heterocycles. The number of nitrogens with zero attached hydrogens (tertiary/aromatic N) is 2. The molecule has 1 saturated carbocycles. The zero-order valence-electron chi connectivity index (χ0n) is 17.9. The third-order valence-corrected chi connectivity index (χ3v) is 6.67. The number of aromatic nitrogens is 2. The lowest BCUT2D eigenvalue weighted by Gasteiger charge is -2.24. The van der Waals surface area contributed by atoms with Crippen LogP contribution in [0, 0.1) is 6.92 Å². The van der Waals surface area contributed by atoms with Gasteiger partial charge < -0.3 is 14.8 Å². The highest BCUT2D eigenvalue weighted by molar-refractivity contribution is 7.19. The minimum absolute atomic E-state index is 0.281. The molecular weight excluding hydrogens is 398 g/mol. The minimum Gasteiger partial charge on any atom is -0.494 e. The van der Waals surface area contributed by atoms with Crippen LogP contribution < -0.4 is 10.1 Å². The van der Waals surface area contributed by atoms with E-state index in [1.165, 1.54) is 30.6 Å². The summed E-state index contributed by atoms with van der Waals surface area (Å²) in [5.74, 6) is 1.53. The highest BCUT2D eigenvalue weighted by Gasteiger charge is 2.25. The molecule has 0 bridgehead atoms. The summed E-state index contributed by atoms with van der Waals surface area (Å²) in [6.07, 6.45) is 6.10. The van der Waals surface area contributed by atoms with Crippen molar-refractivity contribution >= 4 is 28.1 Å². The zero-order valence-corrected chi connectivity index (χ0v) is 18.7. The van der Waals surface area contributed by atoms with E-state index in [1.807, 2.05) is 45.0 Å². The first-order chi connectivity index (χ1) is 14.6. The third-order valence-electron chi connectivity index (χ3n) is 5.55. The van der Waals surface area contributed by atoms with Crippen LogP contribution in [0.2, 0.25) is 0 Å². The van der Waals surface area contributed by atoms with Crippen molar-refractivity contribution in [1.82, 2.24) is 9.38 Å². The van der Waals surface area contributed by atoms with Gasteiger partial charge in [0.05, 0.1) is 13.2 Å². The normalized spacial score (nSPS) is 14.8. The molecule has 3 aromatic rings. The highest BCUT2D eigenvalue weighted by atomic mass is 32.1. The summed E-state index contributed by atoms with van der Waals surface area (Å²) >= 11 is 1.39. The van der Waals surface area contributed by atoms with Gasteiger partial charge in [0.1, 0.15) is 22.1 Å². The molecule has 0 atom stereocenters. The second-order valence-electron chi connectivity index (χ2n) is 7.60. The predicted molar refractivity (Wildman–Crippen MR) is 121 cm³/mol. The van der Waals surface area contributed by atoms with E-state index >= 15 is 0 Å². The number of ether oxygens (including phenoxy) is 2. The fraction of sp³-hybridized carbons (Fsp3) is 0.478. The Hall–Kier alpha value is -2.54. The zero-order chi connectivity index (χ0) is 21.1. The second kappa shape index (κ2) is 9.08. The largest absolute Gasteiger partial charge is 0.494 e. The fourth-order valence-corrected chi connectivity index (χ4v) is 5.10. The number of hydrogen-bond acceptors (Lipinski definition) is 6. The van der Waals surface area contributed by atoms with Gasteiger partial charge in [-0.2, -0.15) is 0 Å². The third kappa shape index (κ3) is 4.03. The lowest BCUT2D eigenvalue weighted by atomic mass is 9.95. The van der Waals surface area contributed by atoms with Crippen LogP contribution in [0.15, 0.2) is 24.3 Å². The molecule has 0 aliphatic heterocycles. The molecule has 7 heteroatoms. The van der Waals surface area contributed by atoms with Crippen LogP contribution in [-0.2, 0) is 4.74 Å². The molecular formula is C23H29N3O3S. The first-order valence-corrected chi connectivity index (χ1v) is 11.6. The Morgan fingerprint density at radius 2 is 1.90 bits per heavy atom. The van der Waals surface area contributed by atoms with E-state index in [-0.39, 0.29) is 5.97 Å².